The van der Waals surface area contributed by atoms with Crippen molar-refractivity contribution in [1.82, 2.24) is 4.90 Å². The minimum absolute atomic E-state index is 0.104. The number of carbonyl (C=O) groups excluding carboxylic acids is 3. The molecule has 0 bridgehead atoms. The number of rotatable bonds is 9. The van der Waals surface area contributed by atoms with E-state index in [0.29, 0.717) is 50.7 Å². The summed E-state index contributed by atoms with van der Waals surface area (Å²) >= 11 is 13.4. The Morgan fingerprint density at radius 3 is 2.47 bits per heavy atom. The minimum atomic E-state index is -0.332. The quantitative estimate of drug-likeness (QED) is 0.298. The monoisotopic (exact) mass is 570 g/mol. The molecule has 1 fully saturated rings. The van der Waals surface area contributed by atoms with E-state index in [1.54, 1.807) is 54.6 Å². The van der Waals surface area contributed by atoms with E-state index in [2.05, 4.69) is 5.32 Å². The fraction of sp³-hybridized carbons (Fsp3) is 0.250. The minimum Gasteiger partial charge on any atom is -0.457 e. The molecule has 0 aliphatic carbocycles. The van der Waals surface area contributed by atoms with Gasteiger partial charge in [-0.05, 0) is 73.0 Å². The van der Waals surface area contributed by atoms with Crippen LogP contribution < -0.4 is 10.1 Å². The normalized spacial score (nSPS) is 16.6. The van der Waals surface area contributed by atoms with Crippen molar-refractivity contribution >= 4 is 58.4 Å². The zero-order valence-electron chi connectivity index (χ0n) is 20.2. The number of nitrogens with zero attached hydrogens (tertiary/aromatic N) is 1. The van der Waals surface area contributed by atoms with Gasteiger partial charge in [-0.3, -0.25) is 19.3 Å². The fourth-order valence-corrected chi connectivity index (χ4v) is 5.42. The van der Waals surface area contributed by atoms with Gasteiger partial charge in [0.2, 0.25) is 5.91 Å². The van der Waals surface area contributed by atoms with Crippen molar-refractivity contribution in [1.29, 1.82) is 0 Å². The Hall–Kier alpha value is -3.04. The van der Waals surface area contributed by atoms with Gasteiger partial charge in [-0.1, -0.05) is 29.3 Å². The second-order valence-corrected chi connectivity index (χ2v) is 10.8. The molecule has 1 saturated heterocycles. The predicted molar refractivity (Wildman–Crippen MR) is 149 cm³/mol. The summed E-state index contributed by atoms with van der Waals surface area (Å²) in [4.78, 5) is 39.2. The lowest BCUT2D eigenvalue weighted by molar-refractivity contribution is -0.113. The summed E-state index contributed by atoms with van der Waals surface area (Å²) in [5.74, 6) is 1.13. The first-order valence-corrected chi connectivity index (χ1v) is 14.0. The van der Waals surface area contributed by atoms with Gasteiger partial charge in [0.1, 0.15) is 11.5 Å². The van der Waals surface area contributed by atoms with Crippen LogP contribution in [0.15, 0.2) is 60.7 Å². The first-order valence-electron chi connectivity index (χ1n) is 12.1. The Kier molecular flexibility index (Phi) is 8.24. The Morgan fingerprint density at radius 2 is 1.74 bits per heavy atom. The van der Waals surface area contributed by atoms with Gasteiger partial charge in [-0.15, -0.1) is 11.8 Å². The third kappa shape index (κ3) is 6.15. The number of imide groups is 1. The molecule has 1 unspecified atom stereocenters. The Morgan fingerprint density at radius 1 is 0.974 bits per heavy atom. The van der Waals surface area contributed by atoms with E-state index in [1.807, 2.05) is 6.07 Å². The van der Waals surface area contributed by atoms with Crippen molar-refractivity contribution in [2.45, 2.75) is 24.7 Å². The van der Waals surface area contributed by atoms with Crippen LogP contribution in [0.1, 0.15) is 39.1 Å². The zero-order chi connectivity index (χ0) is 26.6. The molecule has 3 aromatic carbocycles. The van der Waals surface area contributed by atoms with Gasteiger partial charge in [0.25, 0.3) is 11.8 Å². The molecule has 1 N–H and O–H groups in total. The second-order valence-electron chi connectivity index (χ2n) is 8.98. The smallest absolute Gasteiger partial charge is 0.261 e. The van der Waals surface area contributed by atoms with Crippen molar-refractivity contribution in [2.75, 3.05) is 24.2 Å². The molecule has 2 aliphatic heterocycles. The van der Waals surface area contributed by atoms with Crippen LogP contribution in [0.4, 0.5) is 5.69 Å². The molecular weight excluding hydrogens is 547 g/mol. The molecule has 0 radical (unpaired) electrons. The third-order valence-corrected chi connectivity index (χ3v) is 7.95. The van der Waals surface area contributed by atoms with Crippen LogP contribution >= 0.6 is 35.0 Å². The summed E-state index contributed by atoms with van der Waals surface area (Å²) in [6.45, 7) is 0.928. The molecule has 7 nitrogen and oxygen atoms in total. The van der Waals surface area contributed by atoms with Gasteiger partial charge in [0.15, 0.2) is 0 Å². The molecule has 3 amide bonds. The largest absolute Gasteiger partial charge is 0.457 e. The highest BCUT2D eigenvalue weighted by Gasteiger charge is 2.37. The lowest BCUT2D eigenvalue weighted by Crippen LogP contribution is -2.36. The van der Waals surface area contributed by atoms with E-state index in [4.69, 9.17) is 32.7 Å². The first-order chi connectivity index (χ1) is 18.4. The number of fused-ring (bicyclic) bond motifs is 1. The van der Waals surface area contributed by atoms with Crippen LogP contribution in [0.3, 0.4) is 0 Å². The Balaban J connectivity index is 1.13. The second kappa shape index (κ2) is 11.8. The van der Waals surface area contributed by atoms with Gasteiger partial charge in [-0.2, -0.15) is 0 Å². The molecule has 2 aliphatic rings. The highest BCUT2D eigenvalue weighted by atomic mass is 35.5. The summed E-state index contributed by atoms with van der Waals surface area (Å²) in [5.41, 5.74) is 2.33. The molecule has 10 heteroatoms. The summed E-state index contributed by atoms with van der Waals surface area (Å²) in [5, 5.41) is 3.85. The summed E-state index contributed by atoms with van der Waals surface area (Å²) in [6.07, 6.45) is 1.68. The molecule has 0 saturated carbocycles. The summed E-state index contributed by atoms with van der Waals surface area (Å²) < 4.78 is 11.5. The summed E-state index contributed by atoms with van der Waals surface area (Å²) in [6, 6.07) is 17.2. The number of carbonyl (C=O) groups is 3. The number of halogens is 2. The van der Waals surface area contributed by atoms with E-state index >= 15 is 0 Å². The average molecular weight is 571 g/mol. The van der Waals surface area contributed by atoms with Crippen molar-refractivity contribution < 1.29 is 23.9 Å². The van der Waals surface area contributed by atoms with E-state index in [9.17, 15) is 14.4 Å². The lowest BCUT2D eigenvalue weighted by Gasteiger charge is -2.17. The highest BCUT2D eigenvalue weighted by Crippen LogP contribution is 2.31. The van der Waals surface area contributed by atoms with Gasteiger partial charge < -0.3 is 14.8 Å². The maximum Gasteiger partial charge on any atom is 0.261 e. The van der Waals surface area contributed by atoms with E-state index in [-0.39, 0.29) is 36.1 Å². The number of thioether (sulfide) groups is 1. The number of amides is 3. The SMILES string of the molecule is O=C(CSCc1ccc(Cl)c(Cl)c1)Nc1ccc(Oc2ccc3c(c2)C(=O)N(CC2CCCO2)C3=O)cc1. The van der Waals surface area contributed by atoms with Crippen LogP contribution in [0.2, 0.25) is 10.0 Å². The fourth-order valence-electron chi connectivity index (χ4n) is 4.32. The van der Waals surface area contributed by atoms with E-state index in [0.717, 1.165) is 18.4 Å². The van der Waals surface area contributed by atoms with Crippen molar-refractivity contribution in [3.8, 4) is 11.5 Å². The van der Waals surface area contributed by atoms with Gasteiger partial charge in [0.05, 0.1) is 39.6 Å². The first kappa shape index (κ1) is 26.6. The maximum absolute atomic E-state index is 12.9. The van der Waals surface area contributed by atoms with Crippen LogP contribution in [-0.4, -0.2) is 47.6 Å². The molecule has 5 rings (SSSR count). The van der Waals surface area contributed by atoms with Crippen LogP contribution in [0.25, 0.3) is 0 Å². The maximum atomic E-state index is 12.9. The molecule has 38 heavy (non-hydrogen) atoms. The molecule has 0 aromatic heterocycles. The van der Waals surface area contributed by atoms with Crippen LogP contribution in [0, 0.1) is 0 Å². The van der Waals surface area contributed by atoms with E-state index < -0.39 is 0 Å². The standard InChI is InChI=1S/C28H24Cl2N2O5S/c29-24-10-3-17(12-25(24)30)15-38-16-26(33)31-18-4-6-19(7-5-18)37-20-8-9-22-23(13-20)28(35)32(27(22)34)14-21-2-1-11-36-21/h3-10,12-13,21H,1-2,11,14-16H2,(H,31,33). The van der Waals surface area contributed by atoms with Crippen molar-refractivity contribution in [2.24, 2.45) is 0 Å². The number of hydrogen-bond donors (Lipinski definition) is 1. The summed E-state index contributed by atoms with van der Waals surface area (Å²) in [7, 11) is 0. The number of nitrogens with one attached hydrogen (secondary N) is 1. The van der Waals surface area contributed by atoms with Gasteiger partial charge >= 0.3 is 0 Å². The van der Waals surface area contributed by atoms with Crippen molar-refractivity contribution in [3.05, 3.63) is 87.4 Å². The average Bonchev–Trinajstić information content (AvgIpc) is 3.50. The van der Waals surface area contributed by atoms with E-state index in [1.165, 1.54) is 16.7 Å². The molecule has 2 heterocycles. The number of anilines is 1. The predicted octanol–water partition coefficient (Wildman–Crippen LogP) is 6.43. The number of ether oxygens (including phenoxy) is 2. The Bertz CT molecular complexity index is 1380. The number of benzene rings is 3. The van der Waals surface area contributed by atoms with Gasteiger partial charge in [-0.25, -0.2) is 0 Å². The lowest BCUT2D eigenvalue weighted by atomic mass is 10.1. The van der Waals surface area contributed by atoms with Crippen LogP contribution in [0.5, 0.6) is 11.5 Å². The number of hydrogen-bond acceptors (Lipinski definition) is 6. The molecule has 196 valence electrons. The van der Waals surface area contributed by atoms with Crippen molar-refractivity contribution in [3.63, 3.8) is 0 Å². The molecule has 1 atom stereocenters. The molecule has 3 aromatic rings. The molecule has 0 spiro atoms. The highest BCUT2D eigenvalue weighted by molar-refractivity contribution is 7.99. The van der Waals surface area contributed by atoms with Gasteiger partial charge in [0, 0.05) is 18.0 Å². The van der Waals surface area contributed by atoms with Crippen LogP contribution in [-0.2, 0) is 15.3 Å². The third-order valence-electron chi connectivity index (χ3n) is 6.21. The topological polar surface area (TPSA) is 84.9 Å². The molecular formula is C28H24Cl2N2O5S. The zero-order valence-corrected chi connectivity index (χ0v) is 22.6. The Labute approximate surface area is 234 Å².